The number of halogens is 1. The van der Waals surface area contributed by atoms with Gasteiger partial charge in [0.25, 0.3) is 0 Å². The van der Waals surface area contributed by atoms with E-state index in [9.17, 15) is 9.59 Å². The van der Waals surface area contributed by atoms with E-state index in [1.54, 1.807) is 72.8 Å². The fraction of sp³-hybridized carbons (Fsp3) is 0.0909. The molecular weight excluding hydrogens is 364 g/mol. The molecule has 0 aliphatic carbocycles. The highest BCUT2D eigenvalue weighted by molar-refractivity contribution is 6.30. The number of rotatable bonds is 7. The molecule has 0 aliphatic rings. The second-order valence-corrected chi connectivity index (χ2v) is 6.19. The largest absolute Gasteiger partial charge is 0.482 e. The maximum Gasteiger partial charge on any atom is 0.345 e. The summed E-state index contributed by atoms with van der Waals surface area (Å²) >= 11 is 5.82. The van der Waals surface area contributed by atoms with Crippen LogP contribution < -0.4 is 4.74 Å². The molecule has 3 rings (SSSR count). The average molecular weight is 381 g/mol. The summed E-state index contributed by atoms with van der Waals surface area (Å²) in [7, 11) is 0. The van der Waals surface area contributed by atoms with E-state index in [1.165, 1.54) is 0 Å². The van der Waals surface area contributed by atoms with Gasteiger partial charge in [-0.15, -0.1) is 0 Å². The van der Waals surface area contributed by atoms with Crippen molar-refractivity contribution >= 4 is 23.4 Å². The zero-order valence-corrected chi connectivity index (χ0v) is 15.1. The molecule has 136 valence electrons. The van der Waals surface area contributed by atoms with Crippen molar-refractivity contribution in [3.05, 3.63) is 101 Å². The molecule has 5 heteroatoms. The van der Waals surface area contributed by atoms with Crippen molar-refractivity contribution in [2.24, 2.45) is 0 Å². The standard InChI is InChI=1S/C22H17ClO4/c23-18-11-13-19(14-12-18)26-15-20(24)27-22(17-9-5-2-6-10-17)21(25)16-7-3-1-4-8-16/h1-14,22H,15H2/t22-/m1/s1. The van der Waals surface area contributed by atoms with Crippen LogP contribution in [0.15, 0.2) is 84.9 Å². The van der Waals surface area contributed by atoms with Crippen molar-refractivity contribution in [2.45, 2.75) is 6.10 Å². The molecule has 0 radical (unpaired) electrons. The lowest BCUT2D eigenvalue weighted by Crippen LogP contribution is -2.23. The summed E-state index contributed by atoms with van der Waals surface area (Å²) in [5.74, 6) is -0.438. The number of ether oxygens (including phenoxy) is 2. The first-order valence-corrected chi connectivity index (χ1v) is 8.73. The highest BCUT2D eigenvalue weighted by Crippen LogP contribution is 2.23. The minimum atomic E-state index is -1.03. The number of hydrogen-bond acceptors (Lipinski definition) is 4. The van der Waals surface area contributed by atoms with Gasteiger partial charge in [0, 0.05) is 16.1 Å². The van der Waals surface area contributed by atoms with Crippen LogP contribution in [0.25, 0.3) is 0 Å². The highest BCUT2D eigenvalue weighted by Gasteiger charge is 2.26. The van der Waals surface area contributed by atoms with Crippen LogP contribution in [0.2, 0.25) is 5.02 Å². The van der Waals surface area contributed by atoms with Crippen LogP contribution in [-0.2, 0) is 9.53 Å². The Hall–Kier alpha value is -3.11. The summed E-state index contributed by atoms with van der Waals surface area (Å²) in [6, 6.07) is 24.3. The van der Waals surface area contributed by atoms with Gasteiger partial charge in [-0.3, -0.25) is 4.79 Å². The Kier molecular flexibility index (Phi) is 6.23. The third-order valence-electron chi connectivity index (χ3n) is 3.82. The molecule has 0 fully saturated rings. The molecule has 0 heterocycles. The molecule has 0 N–H and O–H groups in total. The molecule has 0 bridgehead atoms. The first kappa shape index (κ1) is 18.7. The summed E-state index contributed by atoms with van der Waals surface area (Å²) in [5, 5.41) is 0.572. The predicted molar refractivity (Wildman–Crippen MR) is 103 cm³/mol. The molecular formula is C22H17ClO4. The number of ketones is 1. The Labute approximate surface area is 162 Å². The normalized spacial score (nSPS) is 11.4. The second kappa shape index (κ2) is 9.01. The zero-order chi connectivity index (χ0) is 19.1. The van der Waals surface area contributed by atoms with Gasteiger partial charge in [0.1, 0.15) is 5.75 Å². The smallest absolute Gasteiger partial charge is 0.345 e. The lowest BCUT2D eigenvalue weighted by Gasteiger charge is -2.17. The van der Waals surface area contributed by atoms with Gasteiger partial charge < -0.3 is 9.47 Å². The van der Waals surface area contributed by atoms with Crippen molar-refractivity contribution in [3.63, 3.8) is 0 Å². The third kappa shape index (κ3) is 5.19. The summed E-state index contributed by atoms with van der Waals surface area (Å²) < 4.78 is 10.9. The van der Waals surface area contributed by atoms with Crippen molar-refractivity contribution in [2.75, 3.05) is 6.61 Å². The van der Waals surface area contributed by atoms with Crippen LogP contribution in [0.3, 0.4) is 0 Å². The van der Waals surface area contributed by atoms with Crippen molar-refractivity contribution in [1.82, 2.24) is 0 Å². The zero-order valence-electron chi connectivity index (χ0n) is 14.4. The van der Waals surface area contributed by atoms with E-state index < -0.39 is 12.1 Å². The van der Waals surface area contributed by atoms with Crippen molar-refractivity contribution in [3.8, 4) is 5.75 Å². The van der Waals surface area contributed by atoms with E-state index in [-0.39, 0.29) is 12.4 Å². The van der Waals surface area contributed by atoms with Gasteiger partial charge >= 0.3 is 5.97 Å². The average Bonchev–Trinajstić information content (AvgIpc) is 2.72. The van der Waals surface area contributed by atoms with Crippen LogP contribution in [0.1, 0.15) is 22.0 Å². The van der Waals surface area contributed by atoms with Crippen LogP contribution in [-0.4, -0.2) is 18.4 Å². The number of carbonyl (C=O) groups excluding carboxylic acids is 2. The lowest BCUT2D eigenvalue weighted by molar-refractivity contribution is -0.149. The van der Waals surface area contributed by atoms with Crippen molar-refractivity contribution in [1.29, 1.82) is 0 Å². The van der Waals surface area contributed by atoms with E-state index in [1.807, 2.05) is 12.1 Å². The van der Waals surface area contributed by atoms with Crippen LogP contribution in [0.4, 0.5) is 0 Å². The summed E-state index contributed by atoms with van der Waals surface area (Å²) in [6.07, 6.45) is -1.03. The molecule has 0 aliphatic heterocycles. The number of esters is 1. The molecule has 3 aromatic rings. The maximum atomic E-state index is 12.9. The summed E-state index contributed by atoms with van der Waals surface area (Å²) in [6.45, 7) is -0.312. The summed E-state index contributed by atoms with van der Waals surface area (Å²) in [5.41, 5.74) is 1.07. The fourth-order valence-corrected chi connectivity index (χ4v) is 2.62. The Bertz CT molecular complexity index is 893. The van der Waals surface area contributed by atoms with Gasteiger partial charge in [0.2, 0.25) is 5.78 Å². The minimum Gasteiger partial charge on any atom is -0.482 e. The number of hydrogen-bond donors (Lipinski definition) is 0. The number of carbonyl (C=O) groups is 2. The molecule has 0 aromatic heterocycles. The maximum absolute atomic E-state index is 12.9. The van der Waals surface area contributed by atoms with Gasteiger partial charge in [-0.05, 0) is 24.3 Å². The Morgan fingerprint density at radius 2 is 1.41 bits per heavy atom. The Morgan fingerprint density at radius 1 is 0.815 bits per heavy atom. The van der Waals surface area contributed by atoms with Crippen molar-refractivity contribution < 1.29 is 19.1 Å². The highest BCUT2D eigenvalue weighted by atomic mass is 35.5. The molecule has 0 saturated carbocycles. The topological polar surface area (TPSA) is 52.6 Å². The SMILES string of the molecule is O=C(COc1ccc(Cl)cc1)O[C@@H](C(=O)c1ccccc1)c1ccccc1. The van der Waals surface area contributed by atoms with Gasteiger partial charge in [0.05, 0.1) is 0 Å². The molecule has 4 nitrogen and oxygen atoms in total. The molecule has 0 spiro atoms. The van der Waals surface area contributed by atoms with Gasteiger partial charge in [-0.1, -0.05) is 72.3 Å². The van der Waals surface area contributed by atoms with E-state index in [0.29, 0.717) is 21.9 Å². The third-order valence-corrected chi connectivity index (χ3v) is 4.07. The molecule has 27 heavy (non-hydrogen) atoms. The first-order valence-electron chi connectivity index (χ1n) is 8.35. The molecule has 0 unspecified atom stereocenters. The molecule has 0 amide bonds. The number of benzene rings is 3. The quantitative estimate of drug-likeness (QED) is 0.432. The van der Waals surface area contributed by atoms with E-state index >= 15 is 0 Å². The van der Waals surface area contributed by atoms with E-state index in [0.717, 1.165) is 0 Å². The van der Waals surface area contributed by atoms with Gasteiger partial charge in [-0.2, -0.15) is 0 Å². The molecule has 1 atom stereocenters. The van der Waals surface area contributed by atoms with Crippen LogP contribution >= 0.6 is 11.6 Å². The monoisotopic (exact) mass is 380 g/mol. The van der Waals surface area contributed by atoms with E-state index in [2.05, 4.69) is 0 Å². The molecule has 0 saturated heterocycles. The minimum absolute atomic E-state index is 0.290. The number of Topliss-reactive ketones (excluding diaryl/α,β-unsaturated/α-hetero) is 1. The Morgan fingerprint density at radius 3 is 2.04 bits per heavy atom. The van der Waals surface area contributed by atoms with E-state index in [4.69, 9.17) is 21.1 Å². The van der Waals surface area contributed by atoms with Gasteiger partial charge in [-0.25, -0.2) is 4.79 Å². The lowest BCUT2D eigenvalue weighted by atomic mass is 10.00. The summed E-state index contributed by atoms with van der Waals surface area (Å²) in [4.78, 5) is 25.1. The predicted octanol–water partition coefficient (Wildman–Crippen LogP) is 4.89. The molecule has 3 aromatic carbocycles. The fourth-order valence-electron chi connectivity index (χ4n) is 2.49. The van der Waals surface area contributed by atoms with Crippen LogP contribution in [0, 0.1) is 0 Å². The van der Waals surface area contributed by atoms with Gasteiger partial charge in [0.15, 0.2) is 12.7 Å². The first-order chi connectivity index (χ1) is 13.1. The Balaban J connectivity index is 1.72. The van der Waals surface area contributed by atoms with Crippen LogP contribution in [0.5, 0.6) is 5.75 Å². The second-order valence-electron chi connectivity index (χ2n) is 5.75.